The Hall–Kier alpha value is -2.28. The van der Waals surface area contributed by atoms with Gasteiger partial charge in [0.2, 0.25) is 11.7 Å². The average molecular weight is 288 g/mol. The summed E-state index contributed by atoms with van der Waals surface area (Å²) in [6, 6.07) is 6.50. The number of non-ortho nitro benzene ring substituents is 1. The minimum atomic E-state index is -0.437. The number of nitrogens with zero attached hydrogens (tertiary/aromatic N) is 3. The average Bonchev–Trinajstić information content (AvgIpc) is 2.98. The Balaban J connectivity index is 1.81. The van der Waals surface area contributed by atoms with Gasteiger partial charge in [-0.1, -0.05) is 17.3 Å². The largest absolute Gasteiger partial charge is 0.339 e. The minimum Gasteiger partial charge on any atom is -0.339 e. The third kappa shape index (κ3) is 2.92. The number of benzene rings is 1. The van der Waals surface area contributed by atoms with Gasteiger partial charge in [-0.15, -0.1) is 0 Å². The Bertz CT molecular complexity index is 647. The minimum absolute atomic E-state index is 0.0162. The van der Waals surface area contributed by atoms with Crippen LogP contribution in [0.4, 0.5) is 5.69 Å². The maximum atomic E-state index is 10.8. The van der Waals surface area contributed by atoms with Crippen molar-refractivity contribution in [1.82, 2.24) is 10.1 Å². The molecule has 0 bridgehead atoms. The van der Waals surface area contributed by atoms with E-state index in [-0.39, 0.29) is 17.6 Å². The lowest BCUT2D eigenvalue weighted by atomic mass is 9.86. The molecule has 2 N–H and O–H groups in total. The van der Waals surface area contributed by atoms with Crippen LogP contribution >= 0.6 is 0 Å². The summed E-state index contributed by atoms with van der Waals surface area (Å²) >= 11 is 0. The molecule has 0 unspecified atom stereocenters. The first-order valence-electron chi connectivity index (χ1n) is 6.97. The van der Waals surface area contributed by atoms with Crippen molar-refractivity contribution < 1.29 is 9.45 Å². The molecule has 1 fully saturated rings. The van der Waals surface area contributed by atoms with Crippen LogP contribution in [0.5, 0.6) is 0 Å². The van der Waals surface area contributed by atoms with Crippen molar-refractivity contribution in [2.45, 2.75) is 37.6 Å². The van der Waals surface area contributed by atoms with Gasteiger partial charge >= 0.3 is 0 Å². The molecule has 1 saturated carbocycles. The standard InChI is InChI=1S/C14H16N4O3/c15-11-6-4-9(5-7-11)14-16-13(17-21-14)10-2-1-3-12(8-10)18(19)20/h1-3,8-9,11H,4-7,15H2. The number of rotatable bonds is 3. The van der Waals surface area contributed by atoms with E-state index in [0.717, 1.165) is 25.7 Å². The van der Waals surface area contributed by atoms with Crippen LogP contribution in [0.1, 0.15) is 37.5 Å². The fourth-order valence-corrected chi connectivity index (χ4v) is 2.64. The van der Waals surface area contributed by atoms with E-state index in [1.54, 1.807) is 12.1 Å². The highest BCUT2D eigenvalue weighted by atomic mass is 16.6. The maximum Gasteiger partial charge on any atom is 0.270 e. The van der Waals surface area contributed by atoms with Crippen LogP contribution in [0, 0.1) is 10.1 Å². The molecule has 0 saturated heterocycles. The molecule has 7 nitrogen and oxygen atoms in total. The molecule has 0 amide bonds. The van der Waals surface area contributed by atoms with Crippen LogP contribution in [0.3, 0.4) is 0 Å². The fourth-order valence-electron chi connectivity index (χ4n) is 2.64. The molecule has 2 aromatic rings. The summed E-state index contributed by atoms with van der Waals surface area (Å²) in [5.74, 6) is 1.23. The predicted molar refractivity (Wildman–Crippen MR) is 75.6 cm³/mol. The third-order valence-electron chi connectivity index (χ3n) is 3.88. The van der Waals surface area contributed by atoms with Gasteiger partial charge in [0.25, 0.3) is 5.69 Å². The first-order chi connectivity index (χ1) is 10.1. The maximum absolute atomic E-state index is 10.8. The Morgan fingerprint density at radius 3 is 2.76 bits per heavy atom. The lowest BCUT2D eigenvalue weighted by Gasteiger charge is -2.22. The molecular weight excluding hydrogens is 272 g/mol. The molecule has 1 aromatic heterocycles. The van der Waals surface area contributed by atoms with Crippen molar-refractivity contribution in [2.24, 2.45) is 5.73 Å². The monoisotopic (exact) mass is 288 g/mol. The molecule has 0 radical (unpaired) electrons. The van der Waals surface area contributed by atoms with E-state index >= 15 is 0 Å². The van der Waals surface area contributed by atoms with Gasteiger partial charge in [-0.2, -0.15) is 4.98 Å². The third-order valence-corrected chi connectivity index (χ3v) is 3.88. The Kier molecular flexibility index (Phi) is 3.66. The molecule has 1 heterocycles. The van der Waals surface area contributed by atoms with E-state index in [1.165, 1.54) is 12.1 Å². The van der Waals surface area contributed by atoms with Crippen molar-refractivity contribution >= 4 is 5.69 Å². The Labute approximate surface area is 121 Å². The van der Waals surface area contributed by atoms with Crippen LogP contribution < -0.4 is 5.73 Å². The first-order valence-corrected chi connectivity index (χ1v) is 6.97. The summed E-state index contributed by atoms with van der Waals surface area (Å²) in [5.41, 5.74) is 6.49. The summed E-state index contributed by atoms with van der Waals surface area (Å²) in [6.45, 7) is 0. The quantitative estimate of drug-likeness (QED) is 0.687. The number of nitrogens with two attached hydrogens (primary N) is 1. The molecule has 21 heavy (non-hydrogen) atoms. The summed E-state index contributed by atoms with van der Waals surface area (Å²) in [5, 5.41) is 14.7. The highest BCUT2D eigenvalue weighted by Gasteiger charge is 2.25. The van der Waals surface area contributed by atoms with Crippen LogP contribution in [0.2, 0.25) is 0 Å². The van der Waals surface area contributed by atoms with Gasteiger partial charge in [-0.3, -0.25) is 10.1 Å². The van der Waals surface area contributed by atoms with Crippen molar-refractivity contribution in [3.8, 4) is 11.4 Å². The molecule has 0 aliphatic heterocycles. The van der Waals surface area contributed by atoms with E-state index in [4.69, 9.17) is 10.3 Å². The second-order valence-corrected chi connectivity index (χ2v) is 5.38. The number of hydrogen-bond acceptors (Lipinski definition) is 6. The molecule has 0 atom stereocenters. The van der Waals surface area contributed by atoms with Crippen LogP contribution in [-0.2, 0) is 0 Å². The molecule has 7 heteroatoms. The normalized spacial score (nSPS) is 22.1. The molecule has 0 spiro atoms. The molecule has 110 valence electrons. The van der Waals surface area contributed by atoms with Crippen LogP contribution in [-0.4, -0.2) is 21.1 Å². The lowest BCUT2D eigenvalue weighted by Crippen LogP contribution is -2.25. The van der Waals surface area contributed by atoms with E-state index in [1.807, 2.05) is 0 Å². The molecule has 3 rings (SSSR count). The smallest absolute Gasteiger partial charge is 0.270 e. The first kappa shape index (κ1) is 13.7. The number of aromatic nitrogens is 2. The topological polar surface area (TPSA) is 108 Å². The highest BCUT2D eigenvalue weighted by molar-refractivity contribution is 5.58. The van der Waals surface area contributed by atoms with Crippen LogP contribution in [0.25, 0.3) is 11.4 Å². The zero-order valence-electron chi connectivity index (χ0n) is 11.4. The number of nitro groups is 1. The van der Waals surface area contributed by atoms with E-state index in [9.17, 15) is 10.1 Å². The summed E-state index contributed by atoms with van der Waals surface area (Å²) in [6.07, 6.45) is 3.80. The summed E-state index contributed by atoms with van der Waals surface area (Å²) in [7, 11) is 0. The molecule has 1 aliphatic carbocycles. The van der Waals surface area contributed by atoms with Crippen molar-refractivity contribution in [2.75, 3.05) is 0 Å². The SMILES string of the molecule is NC1CCC(c2nc(-c3cccc([N+](=O)[O-])c3)no2)CC1. The van der Waals surface area contributed by atoms with Crippen LogP contribution in [0.15, 0.2) is 28.8 Å². The van der Waals surface area contributed by atoms with Gasteiger partial charge in [0.05, 0.1) is 4.92 Å². The van der Waals surface area contributed by atoms with Gasteiger partial charge in [0.15, 0.2) is 0 Å². The van der Waals surface area contributed by atoms with Crippen molar-refractivity contribution in [3.63, 3.8) is 0 Å². The van der Waals surface area contributed by atoms with E-state index in [0.29, 0.717) is 17.3 Å². The Morgan fingerprint density at radius 1 is 1.29 bits per heavy atom. The molecule has 1 aliphatic rings. The molecule has 1 aromatic carbocycles. The van der Waals surface area contributed by atoms with Crippen molar-refractivity contribution in [3.05, 3.63) is 40.3 Å². The fraction of sp³-hybridized carbons (Fsp3) is 0.429. The Morgan fingerprint density at radius 2 is 2.05 bits per heavy atom. The van der Waals surface area contributed by atoms with Gasteiger partial charge < -0.3 is 10.3 Å². The second-order valence-electron chi connectivity index (χ2n) is 5.38. The lowest BCUT2D eigenvalue weighted by molar-refractivity contribution is -0.384. The summed E-state index contributed by atoms with van der Waals surface area (Å²) in [4.78, 5) is 14.7. The van der Waals surface area contributed by atoms with E-state index < -0.39 is 4.92 Å². The van der Waals surface area contributed by atoms with E-state index in [2.05, 4.69) is 10.1 Å². The van der Waals surface area contributed by atoms with Gasteiger partial charge in [0.1, 0.15) is 0 Å². The zero-order valence-corrected chi connectivity index (χ0v) is 11.4. The van der Waals surface area contributed by atoms with Gasteiger partial charge in [-0.25, -0.2) is 0 Å². The highest BCUT2D eigenvalue weighted by Crippen LogP contribution is 2.32. The predicted octanol–water partition coefficient (Wildman–Crippen LogP) is 2.63. The van der Waals surface area contributed by atoms with Gasteiger partial charge in [-0.05, 0) is 25.7 Å². The zero-order chi connectivity index (χ0) is 14.8. The number of hydrogen-bond donors (Lipinski definition) is 1. The van der Waals surface area contributed by atoms with Crippen molar-refractivity contribution in [1.29, 1.82) is 0 Å². The number of nitro benzene ring substituents is 1. The van der Waals surface area contributed by atoms with Gasteiger partial charge in [0, 0.05) is 29.7 Å². The second kappa shape index (κ2) is 5.61. The molecular formula is C14H16N4O3. The summed E-state index contributed by atoms with van der Waals surface area (Å²) < 4.78 is 5.32.